The van der Waals surface area contributed by atoms with Gasteiger partial charge < -0.3 is 9.47 Å². The van der Waals surface area contributed by atoms with E-state index >= 15 is 0 Å². The first-order valence-electron chi connectivity index (χ1n) is 23.9. The molecule has 0 fully saturated rings. The molecule has 1 heterocycles. The van der Waals surface area contributed by atoms with Crippen molar-refractivity contribution in [2.75, 3.05) is 4.90 Å². The van der Waals surface area contributed by atoms with Gasteiger partial charge in [0.25, 0.3) is 0 Å². The Labute approximate surface area is 399 Å². The topological polar surface area (TPSA) is 8.17 Å². The highest BCUT2D eigenvalue weighted by Gasteiger charge is 2.38. The summed E-state index contributed by atoms with van der Waals surface area (Å²) in [6.07, 6.45) is 0. The van der Waals surface area contributed by atoms with Crippen LogP contribution in [0.25, 0.3) is 83.1 Å². The van der Waals surface area contributed by atoms with Gasteiger partial charge in [-0.1, -0.05) is 204 Å². The molecule has 2 aliphatic rings. The molecule has 2 aliphatic carbocycles. The van der Waals surface area contributed by atoms with Crippen molar-refractivity contribution in [2.24, 2.45) is 0 Å². The molecule has 0 aliphatic heterocycles. The van der Waals surface area contributed by atoms with Crippen LogP contribution >= 0.6 is 0 Å². The van der Waals surface area contributed by atoms with E-state index in [-0.39, 0.29) is 10.8 Å². The third kappa shape index (κ3) is 5.97. The molecule has 13 rings (SSSR count). The summed E-state index contributed by atoms with van der Waals surface area (Å²) in [6, 6.07) is 85.5. The maximum atomic E-state index is 2.49. The minimum atomic E-state index is -0.128. The fraction of sp³-hybridized carbons (Fsp3) is 0.0909. The van der Waals surface area contributed by atoms with Gasteiger partial charge >= 0.3 is 0 Å². The van der Waals surface area contributed by atoms with E-state index in [1.807, 2.05) is 0 Å². The number of para-hydroxylation sites is 1. The Morgan fingerprint density at radius 2 is 0.779 bits per heavy atom. The number of rotatable bonds is 7. The predicted octanol–water partition coefficient (Wildman–Crippen LogP) is 17.9. The van der Waals surface area contributed by atoms with Crippen LogP contribution in [0.4, 0.5) is 17.1 Å². The maximum absolute atomic E-state index is 2.49. The van der Waals surface area contributed by atoms with Crippen LogP contribution < -0.4 is 4.90 Å². The van der Waals surface area contributed by atoms with Crippen molar-refractivity contribution in [3.63, 3.8) is 0 Å². The maximum Gasteiger partial charge on any atom is 0.0620 e. The summed E-state index contributed by atoms with van der Waals surface area (Å²) in [5, 5.41) is 3.67. The first-order valence-corrected chi connectivity index (χ1v) is 23.9. The van der Waals surface area contributed by atoms with Crippen LogP contribution in [-0.4, -0.2) is 4.57 Å². The van der Waals surface area contributed by atoms with Gasteiger partial charge in [0.15, 0.2) is 0 Å². The van der Waals surface area contributed by atoms with Crippen molar-refractivity contribution in [1.29, 1.82) is 0 Å². The van der Waals surface area contributed by atoms with Crippen LogP contribution in [0.1, 0.15) is 49.9 Å². The summed E-state index contributed by atoms with van der Waals surface area (Å²) in [4.78, 5) is 2.48. The fourth-order valence-electron chi connectivity index (χ4n) is 11.9. The second-order valence-electron chi connectivity index (χ2n) is 19.7. The lowest BCUT2D eigenvalue weighted by Gasteiger charge is -2.30. The molecule has 0 N–H and O–H groups in total. The first kappa shape index (κ1) is 40.1. The van der Waals surface area contributed by atoms with Gasteiger partial charge in [-0.25, -0.2) is 0 Å². The molecule has 1 aromatic heterocycles. The van der Waals surface area contributed by atoms with Gasteiger partial charge in [0.2, 0.25) is 0 Å². The molecule has 0 atom stereocenters. The highest BCUT2D eigenvalue weighted by molar-refractivity contribution is 6.20. The Hall–Kier alpha value is -8.20. The summed E-state index contributed by atoms with van der Waals surface area (Å²) >= 11 is 0. The van der Waals surface area contributed by atoms with E-state index in [0.717, 1.165) is 22.7 Å². The molecule has 2 nitrogen and oxygen atoms in total. The van der Waals surface area contributed by atoms with E-state index in [1.165, 1.54) is 99.7 Å². The number of hydrogen-bond acceptors (Lipinski definition) is 1. The van der Waals surface area contributed by atoms with E-state index in [2.05, 4.69) is 268 Å². The molecular weight excluding hydrogens is 821 g/mol. The Bertz CT molecular complexity index is 3660. The summed E-state index contributed by atoms with van der Waals surface area (Å²) in [6.45, 7) is 9.49. The lowest BCUT2D eigenvalue weighted by Crippen LogP contribution is -2.18. The number of benzene rings is 10. The number of anilines is 3. The summed E-state index contributed by atoms with van der Waals surface area (Å²) in [7, 11) is 0. The molecule has 324 valence electrons. The van der Waals surface area contributed by atoms with Gasteiger partial charge in [-0.05, 0) is 127 Å². The van der Waals surface area contributed by atoms with Crippen molar-refractivity contribution in [1.82, 2.24) is 4.57 Å². The van der Waals surface area contributed by atoms with Gasteiger partial charge in [-0.2, -0.15) is 0 Å². The number of aromatic nitrogens is 1. The largest absolute Gasteiger partial charge is 0.310 e. The molecule has 68 heavy (non-hydrogen) atoms. The van der Waals surface area contributed by atoms with Gasteiger partial charge in [0.05, 0.1) is 11.2 Å². The van der Waals surface area contributed by atoms with E-state index in [9.17, 15) is 0 Å². The zero-order valence-electron chi connectivity index (χ0n) is 38.8. The molecule has 0 unspecified atom stereocenters. The Morgan fingerprint density at radius 3 is 1.35 bits per heavy atom. The van der Waals surface area contributed by atoms with Crippen LogP contribution in [-0.2, 0) is 10.8 Å². The number of fused-ring (bicyclic) bond motifs is 9. The van der Waals surface area contributed by atoms with Crippen LogP contribution in [0.3, 0.4) is 0 Å². The van der Waals surface area contributed by atoms with Crippen LogP contribution in [0, 0.1) is 0 Å². The third-order valence-electron chi connectivity index (χ3n) is 15.2. The Kier molecular flexibility index (Phi) is 8.95. The molecule has 11 aromatic rings. The van der Waals surface area contributed by atoms with Gasteiger partial charge in [-0.15, -0.1) is 0 Å². The molecule has 0 saturated carbocycles. The van der Waals surface area contributed by atoms with E-state index < -0.39 is 0 Å². The van der Waals surface area contributed by atoms with E-state index in [0.29, 0.717) is 0 Å². The molecule has 2 heteroatoms. The highest BCUT2D eigenvalue weighted by atomic mass is 15.1. The molecule has 0 bridgehead atoms. The molecular formula is C66H50N2. The summed E-state index contributed by atoms with van der Waals surface area (Å²) in [5.74, 6) is 0. The van der Waals surface area contributed by atoms with Crippen molar-refractivity contribution in [3.8, 4) is 61.5 Å². The Balaban J connectivity index is 1.02. The third-order valence-corrected chi connectivity index (χ3v) is 15.2. The van der Waals surface area contributed by atoms with Crippen LogP contribution in [0.2, 0.25) is 0 Å². The van der Waals surface area contributed by atoms with E-state index in [4.69, 9.17) is 0 Å². The van der Waals surface area contributed by atoms with Crippen molar-refractivity contribution in [3.05, 3.63) is 253 Å². The standard InChI is InChI=1S/C66H50N2/c1-65(2)58-30-18-16-27-51(58)53-38-36-48(40-60(53)65)67(49-37-39-54-52-28-17-19-31-59(52)66(3,4)61(54)41-49)47-34-32-43(33-35-47)56-42-57-62(44-20-8-5-9-21-44)63(45-22-10-6-11-23-45)68(46-24-12-7-13-25-46)64(57)55-29-15-14-26-50(55)56/h5-42H,1-4H3. The zero-order valence-corrected chi connectivity index (χ0v) is 38.8. The lowest BCUT2D eigenvalue weighted by molar-refractivity contribution is 0.660. The summed E-state index contributed by atoms with van der Waals surface area (Å²) < 4.78 is 2.49. The SMILES string of the molecule is CC1(C)c2ccccc2-c2ccc(N(c3ccc(-c4cc5c(-c6ccccc6)c(-c6ccccc6)n(-c6ccccc6)c5c5ccccc45)cc3)c3ccc4c(c3)C(C)(C)c3ccccc3-4)cc21. The highest BCUT2D eigenvalue weighted by Crippen LogP contribution is 2.54. The quantitative estimate of drug-likeness (QED) is 0.155. The zero-order chi connectivity index (χ0) is 45.7. The molecule has 0 radical (unpaired) electrons. The second kappa shape index (κ2) is 15.2. The van der Waals surface area contributed by atoms with Crippen molar-refractivity contribution in [2.45, 2.75) is 38.5 Å². The normalized spacial score (nSPS) is 13.8. The monoisotopic (exact) mass is 870 g/mol. The molecule has 10 aromatic carbocycles. The van der Waals surface area contributed by atoms with E-state index in [1.54, 1.807) is 0 Å². The van der Waals surface area contributed by atoms with Gasteiger partial charge in [-0.3, -0.25) is 0 Å². The average molecular weight is 871 g/mol. The van der Waals surface area contributed by atoms with Gasteiger partial charge in [0.1, 0.15) is 0 Å². The van der Waals surface area contributed by atoms with Crippen molar-refractivity contribution < 1.29 is 0 Å². The van der Waals surface area contributed by atoms with Crippen molar-refractivity contribution >= 4 is 38.7 Å². The number of hydrogen-bond donors (Lipinski definition) is 0. The lowest BCUT2D eigenvalue weighted by atomic mass is 9.82. The molecule has 0 spiro atoms. The Morgan fingerprint density at radius 1 is 0.324 bits per heavy atom. The minimum absolute atomic E-state index is 0.128. The smallest absolute Gasteiger partial charge is 0.0620 e. The minimum Gasteiger partial charge on any atom is -0.310 e. The average Bonchev–Trinajstić information content (AvgIpc) is 3.94. The first-order chi connectivity index (χ1) is 33.3. The fourth-order valence-corrected chi connectivity index (χ4v) is 11.9. The summed E-state index contributed by atoms with van der Waals surface area (Å²) in [5.41, 5.74) is 23.5. The van der Waals surface area contributed by atoms with Gasteiger partial charge in [0, 0.05) is 49.9 Å². The van der Waals surface area contributed by atoms with Crippen LogP contribution in [0.15, 0.2) is 231 Å². The molecule has 0 saturated heterocycles. The number of nitrogens with zero attached hydrogens (tertiary/aromatic N) is 2. The predicted molar refractivity (Wildman–Crippen MR) is 287 cm³/mol. The molecule has 0 amide bonds. The second-order valence-corrected chi connectivity index (χ2v) is 19.7. The van der Waals surface area contributed by atoms with Crippen LogP contribution in [0.5, 0.6) is 0 Å².